The third-order valence-corrected chi connectivity index (χ3v) is 4.78. The van der Waals surface area contributed by atoms with Gasteiger partial charge in [-0.05, 0) is 39.0 Å². The average molecular weight is 269 g/mol. The minimum Gasteiger partial charge on any atom is -0.377 e. The van der Waals surface area contributed by atoms with E-state index in [1.165, 1.54) is 32.1 Å². The molecule has 0 spiro atoms. The topological polar surface area (TPSA) is 30.5 Å². The molecule has 3 heteroatoms. The zero-order chi connectivity index (χ0) is 13.6. The highest BCUT2D eigenvalue weighted by molar-refractivity contribution is 4.85. The van der Waals surface area contributed by atoms with Gasteiger partial charge in [0.15, 0.2) is 0 Å². The number of rotatable bonds is 6. The van der Waals surface area contributed by atoms with Crippen LogP contribution in [-0.2, 0) is 9.47 Å². The van der Waals surface area contributed by atoms with Gasteiger partial charge in [0.1, 0.15) is 0 Å². The number of ether oxygens (including phenoxy) is 2. The molecule has 0 radical (unpaired) electrons. The fourth-order valence-corrected chi connectivity index (χ4v) is 3.27. The van der Waals surface area contributed by atoms with E-state index < -0.39 is 0 Å². The van der Waals surface area contributed by atoms with E-state index in [-0.39, 0.29) is 5.60 Å². The molecular weight excluding hydrogens is 238 g/mol. The molecule has 1 saturated heterocycles. The van der Waals surface area contributed by atoms with Gasteiger partial charge in [-0.15, -0.1) is 0 Å². The molecule has 0 amide bonds. The summed E-state index contributed by atoms with van der Waals surface area (Å²) in [5.41, 5.74) is 0.0835. The molecule has 1 aliphatic carbocycles. The maximum atomic E-state index is 5.96. The third-order valence-electron chi connectivity index (χ3n) is 4.78. The predicted octanol–water partition coefficient (Wildman–Crippen LogP) is 3.27. The van der Waals surface area contributed by atoms with Crippen LogP contribution in [0.3, 0.4) is 0 Å². The van der Waals surface area contributed by atoms with Crippen molar-refractivity contribution in [3.8, 4) is 0 Å². The summed E-state index contributed by atoms with van der Waals surface area (Å²) < 4.78 is 11.8. The van der Waals surface area contributed by atoms with Crippen molar-refractivity contribution in [3.63, 3.8) is 0 Å². The van der Waals surface area contributed by atoms with E-state index in [2.05, 4.69) is 19.2 Å². The molecule has 2 atom stereocenters. The summed E-state index contributed by atoms with van der Waals surface area (Å²) in [6.45, 7) is 7.20. The second-order valence-corrected chi connectivity index (χ2v) is 6.43. The maximum absolute atomic E-state index is 5.96. The lowest BCUT2D eigenvalue weighted by Gasteiger charge is -2.38. The van der Waals surface area contributed by atoms with Crippen molar-refractivity contribution in [2.45, 2.75) is 83.0 Å². The molecule has 0 aromatic heterocycles. The molecule has 1 heterocycles. The Labute approximate surface area is 118 Å². The molecule has 2 rings (SSSR count). The highest BCUT2D eigenvalue weighted by Gasteiger charge is 2.31. The van der Waals surface area contributed by atoms with Crippen molar-refractivity contribution in [2.75, 3.05) is 19.8 Å². The van der Waals surface area contributed by atoms with Crippen LogP contribution in [0.25, 0.3) is 0 Å². The summed E-state index contributed by atoms with van der Waals surface area (Å²) in [5, 5.41) is 3.65. The summed E-state index contributed by atoms with van der Waals surface area (Å²) in [6, 6.07) is 0.605. The Balaban J connectivity index is 1.57. The molecule has 1 N–H and O–H groups in total. The highest BCUT2D eigenvalue weighted by atomic mass is 16.5. The molecule has 19 heavy (non-hydrogen) atoms. The molecule has 1 aliphatic heterocycles. The number of nitrogens with one attached hydrogen (secondary N) is 1. The fraction of sp³-hybridized carbons (Fsp3) is 1.00. The SMILES string of the molecule is CCC1(C)CC(NCCOC2CCCCC2)CCO1. The minimum absolute atomic E-state index is 0.0835. The van der Waals surface area contributed by atoms with Gasteiger partial charge in [-0.25, -0.2) is 0 Å². The van der Waals surface area contributed by atoms with Crippen molar-refractivity contribution in [2.24, 2.45) is 0 Å². The standard InChI is InChI=1S/C16H31NO2/c1-3-16(2)13-14(9-11-19-16)17-10-12-18-15-7-5-4-6-8-15/h14-15,17H,3-13H2,1-2H3. The Bertz CT molecular complexity index is 253. The highest BCUT2D eigenvalue weighted by Crippen LogP contribution is 2.27. The van der Waals surface area contributed by atoms with Crippen LogP contribution in [0.1, 0.15) is 65.2 Å². The monoisotopic (exact) mass is 269 g/mol. The van der Waals surface area contributed by atoms with Crippen LogP contribution < -0.4 is 5.32 Å². The van der Waals surface area contributed by atoms with Crippen LogP contribution in [0.4, 0.5) is 0 Å². The lowest BCUT2D eigenvalue weighted by Crippen LogP contribution is -2.45. The molecule has 112 valence electrons. The van der Waals surface area contributed by atoms with Crippen molar-refractivity contribution < 1.29 is 9.47 Å². The van der Waals surface area contributed by atoms with E-state index in [1.54, 1.807) is 0 Å². The summed E-state index contributed by atoms with van der Waals surface area (Å²) in [5.74, 6) is 0. The largest absolute Gasteiger partial charge is 0.377 e. The van der Waals surface area contributed by atoms with Gasteiger partial charge in [0.25, 0.3) is 0 Å². The Morgan fingerprint density at radius 3 is 2.74 bits per heavy atom. The van der Waals surface area contributed by atoms with E-state index in [9.17, 15) is 0 Å². The average Bonchev–Trinajstić information content (AvgIpc) is 2.45. The minimum atomic E-state index is 0.0835. The van der Waals surface area contributed by atoms with E-state index in [1.807, 2.05) is 0 Å². The third kappa shape index (κ3) is 5.05. The summed E-state index contributed by atoms with van der Waals surface area (Å²) in [4.78, 5) is 0. The van der Waals surface area contributed by atoms with Gasteiger partial charge in [-0.1, -0.05) is 26.2 Å². The summed E-state index contributed by atoms with van der Waals surface area (Å²) in [7, 11) is 0. The van der Waals surface area contributed by atoms with Crippen molar-refractivity contribution in [1.82, 2.24) is 5.32 Å². The van der Waals surface area contributed by atoms with Crippen molar-refractivity contribution in [3.05, 3.63) is 0 Å². The first-order valence-corrected chi connectivity index (χ1v) is 8.21. The molecule has 3 nitrogen and oxygen atoms in total. The predicted molar refractivity (Wildman–Crippen MR) is 78.5 cm³/mol. The summed E-state index contributed by atoms with van der Waals surface area (Å²) >= 11 is 0. The van der Waals surface area contributed by atoms with E-state index in [4.69, 9.17) is 9.47 Å². The Morgan fingerprint density at radius 2 is 2.00 bits per heavy atom. The van der Waals surface area contributed by atoms with Gasteiger partial charge in [0.05, 0.1) is 18.3 Å². The Kier molecular flexibility index (Phi) is 6.11. The lowest BCUT2D eigenvalue weighted by atomic mass is 9.90. The zero-order valence-corrected chi connectivity index (χ0v) is 12.7. The number of hydrogen-bond donors (Lipinski definition) is 1. The van der Waals surface area contributed by atoms with Crippen molar-refractivity contribution >= 4 is 0 Å². The van der Waals surface area contributed by atoms with Gasteiger partial charge in [-0.3, -0.25) is 0 Å². The number of hydrogen-bond acceptors (Lipinski definition) is 3. The molecular formula is C16H31NO2. The van der Waals surface area contributed by atoms with Gasteiger partial charge >= 0.3 is 0 Å². The van der Waals surface area contributed by atoms with Crippen LogP contribution in [0, 0.1) is 0 Å². The van der Waals surface area contributed by atoms with Gasteiger partial charge in [-0.2, -0.15) is 0 Å². The van der Waals surface area contributed by atoms with Crippen LogP contribution in [-0.4, -0.2) is 37.5 Å². The first-order chi connectivity index (χ1) is 9.22. The molecule has 2 unspecified atom stereocenters. The molecule has 2 aliphatic rings. The normalized spacial score (nSPS) is 33.5. The molecule has 1 saturated carbocycles. The Morgan fingerprint density at radius 1 is 1.21 bits per heavy atom. The fourth-order valence-electron chi connectivity index (χ4n) is 3.27. The smallest absolute Gasteiger partial charge is 0.0666 e. The van der Waals surface area contributed by atoms with Gasteiger partial charge in [0.2, 0.25) is 0 Å². The summed E-state index contributed by atoms with van der Waals surface area (Å²) in [6.07, 6.45) is 10.5. The second kappa shape index (κ2) is 7.61. The first kappa shape index (κ1) is 15.3. The maximum Gasteiger partial charge on any atom is 0.0666 e. The molecule has 0 aromatic carbocycles. The second-order valence-electron chi connectivity index (χ2n) is 6.43. The van der Waals surface area contributed by atoms with Crippen LogP contribution in [0.5, 0.6) is 0 Å². The first-order valence-electron chi connectivity index (χ1n) is 8.21. The molecule has 0 aromatic rings. The van der Waals surface area contributed by atoms with E-state index >= 15 is 0 Å². The van der Waals surface area contributed by atoms with Crippen LogP contribution >= 0.6 is 0 Å². The lowest BCUT2D eigenvalue weighted by molar-refractivity contribution is -0.0788. The van der Waals surface area contributed by atoms with Gasteiger partial charge in [0, 0.05) is 19.2 Å². The van der Waals surface area contributed by atoms with Crippen LogP contribution in [0.15, 0.2) is 0 Å². The molecule has 2 fully saturated rings. The zero-order valence-electron chi connectivity index (χ0n) is 12.7. The van der Waals surface area contributed by atoms with Crippen molar-refractivity contribution in [1.29, 1.82) is 0 Å². The van der Waals surface area contributed by atoms with Crippen LogP contribution in [0.2, 0.25) is 0 Å². The van der Waals surface area contributed by atoms with E-state index in [0.717, 1.165) is 39.0 Å². The Hall–Kier alpha value is -0.120. The van der Waals surface area contributed by atoms with Gasteiger partial charge < -0.3 is 14.8 Å². The quantitative estimate of drug-likeness (QED) is 0.751. The molecule has 0 bridgehead atoms. The van der Waals surface area contributed by atoms with E-state index in [0.29, 0.717) is 12.1 Å².